The van der Waals surface area contributed by atoms with Crippen molar-refractivity contribution in [2.75, 3.05) is 0 Å². The number of ether oxygens (including phenoxy) is 2. The molecular weight excluding hydrogens is 352 g/mol. The summed E-state index contributed by atoms with van der Waals surface area (Å²) in [7, 11) is 0. The molecule has 140 valence electrons. The number of carbonyl (C=O) groups is 1. The molecule has 0 spiro atoms. The fourth-order valence-electron chi connectivity index (χ4n) is 3.24. The van der Waals surface area contributed by atoms with Gasteiger partial charge < -0.3 is 14.6 Å². The van der Waals surface area contributed by atoms with Crippen molar-refractivity contribution in [2.24, 2.45) is 0 Å². The number of hydrogen-bond acceptors (Lipinski definition) is 6. The Kier molecular flexibility index (Phi) is 4.49. The number of carboxylic acid groups (broad SMARTS) is 1. The molecule has 1 fully saturated rings. The van der Waals surface area contributed by atoms with E-state index in [-0.39, 0.29) is 23.4 Å². The van der Waals surface area contributed by atoms with Crippen LogP contribution in [-0.4, -0.2) is 37.1 Å². The maximum absolute atomic E-state index is 12.5. The molecule has 2 heterocycles. The van der Waals surface area contributed by atoms with Crippen LogP contribution < -0.4 is 15.0 Å². The van der Waals surface area contributed by atoms with Crippen LogP contribution in [-0.2, 0) is 0 Å². The first kappa shape index (κ1) is 17.1. The van der Waals surface area contributed by atoms with E-state index < -0.39 is 6.16 Å². The highest BCUT2D eigenvalue weighted by molar-refractivity contribution is 5.79. The minimum absolute atomic E-state index is 0.0291. The molecule has 9 nitrogen and oxygen atoms in total. The van der Waals surface area contributed by atoms with Crippen molar-refractivity contribution in [3.8, 4) is 17.4 Å². The first-order valence-electron chi connectivity index (χ1n) is 8.75. The van der Waals surface area contributed by atoms with Crippen LogP contribution in [0.25, 0.3) is 16.9 Å². The van der Waals surface area contributed by atoms with Gasteiger partial charge in [0, 0.05) is 0 Å². The summed E-state index contributed by atoms with van der Waals surface area (Å²) in [5.41, 5.74) is 0.154. The molecule has 27 heavy (non-hydrogen) atoms. The Balaban J connectivity index is 1.62. The van der Waals surface area contributed by atoms with Crippen molar-refractivity contribution in [3.63, 3.8) is 0 Å². The molecule has 0 amide bonds. The second kappa shape index (κ2) is 7.10. The van der Waals surface area contributed by atoms with Gasteiger partial charge in [-0.15, -0.1) is 0 Å². The predicted octanol–water partition coefficient (Wildman–Crippen LogP) is 2.88. The van der Waals surface area contributed by atoms with Crippen molar-refractivity contribution in [1.82, 2.24) is 19.7 Å². The van der Waals surface area contributed by atoms with Gasteiger partial charge in [0.2, 0.25) is 5.95 Å². The van der Waals surface area contributed by atoms with Crippen LogP contribution in [0.4, 0.5) is 4.79 Å². The Morgan fingerprint density at radius 2 is 2.04 bits per heavy atom. The van der Waals surface area contributed by atoms with E-state index in [9.17, 15) is 9.59 Å². The van der Waals surface area contributed by atoms with Crippen LogP contribution >= 0.6 is 0 Å². The average molecular weight is 370 g/mol. The van der Waals surface area contributed by atoms with Crippen LogP contribution in [0.15, 0.2) is 35.4 Å². The number of aromatic nitrogens is 4. The van der Waals surface area contributed by atoms with Gasteiger partial charge in [-0.2, -0.15) is 5.10 Å². The molecule has 0 unspecified atom stereocenters. The first-order chi connectivity index (χ1) is 13.1. The van der Waals surface area contributed by atoms with E-state index in [0.717, 1.165) is 12.8 Å². The van der Waals surface area contributed by atoms with Gasteiger partial charge >= 0.3 is 6.16 Å². The minimum atomic E-state index is -1.44. The Morgan fingerprint density at radius 3 is 2.81 bits per heavy atom. The highest BCUT2D eigenvalue weighted by Crippen LogP contribution is 2.25. The predicted molar refractivity (Wildman–Crippen MR) is 95.6 cm³/mol. The standard InChI is InChI=1S/C18H18N4O5/c23-16-14-8-12(26-11-4-2-1-3-5-11)6-7-15(14)20-17(21-16)22-10-13(9-19-22)27-18(24)25/h6-11H,1-5H2,(H,24,25)(H,20,21,23). The third-order valence-corrected chi connectivity index (χ3v) is 4.50. The largest absolute Gasteiger partial charge is 0.511 e. The number of H-pyrrole nitrogens is 1. The average Bonchev–Trinajstić information content (AvgIpc) is 3.11. The maximum Gasteiger partial charge on any atom is 0.511 e. The van der Waals surface area contributed by atoms with E-state index in [1.54, 1.807) is 18.2 Å². The number of aromatic amines is 1. The third-order valence-electron chi connectivity index (χ3n) is 4.50. The molecule has 0 radical (unpaired) electrons. The SMILES string of the molecule is O=C(O)Oc1cnn(-c2nc3ccc(OC4CCCCC4)cc3c(=O)[nH]2)c1. The van der Waals surface area contributed by atoms with Gasteiger partial charge in [0.25, 0.3) is 5.56 Å². The van der Waals surface area contributed by atoms with Crippen molar-refractivity contribution in [2.45, 2.75) is 38.2 Å². The number of nitrogens with one attached hydrogen (secondary N) is 1. The highest BCUT2D eigenvalue weighted by Gasteiger charge is 2.16. The van der Waals surface area contributed by atoms with Crippen LogP contribution in [0.1, 0.15) is 32.1 Å². The molecule has 0 atom stereocenters. The Hall–Kier alpha value is -3.36. The van der Waals surface area contributed by atoms with Gasteiger partial charge in [-0.3, -0.25) is 9.78 Å². The second-order valence-corrected chi connectivity index (χ2v) is 6.43. The Morgan fingerprint density at radius 1 is 1.22 bits per heavy atom. The van der Waals surface area contributed by atoms with E-state index in [4.69, 9.17) is 9.84 Å². The first-order valence-corrected chi connectivity index (χ1v) is 8.75. The topological polar surface area (TPSA) is 119 Å². The summed E-state index contributed by atoms with van der Waals surface area (Å²) in [6.07, 6.45) is 6.94. The lowest BCUT2D eigenvalue weighted by Crippen LogP contribution is -2.20. The molecule has 2 N–H and O–H groups in total. The fourth-order valence-corrected chi connectivity index (χ4v) is 3.24. The smallest absolute Gasteiger partial charge is 0.490 e. The van der Waals surface area contributed by atoms with Gasteiger partial charge in [0.15, 0.2) is 5.75 Å². The molecule has 1 saturated carbocycles. The van der Waals surface area contributed by atoms with E-state index in [0.29, 0.717) is 16.7 Å². The molecule has 1 aromatic carbocycles. The number of fused-ring (bicyclic) bond motifs is 1. The quantitative estimate of drug-likeness (QED) is 0.678. The zero-order valence-corrected chi connectivity index (χ0v) is 14.4. The number of hydrogen-bond donors (Lipinski definition) is 2. The van der Waals surface area contributed by atoms with Gasteiger partial charge in [-0.25, -0.2) is 14.5 Å². The fraction of sp³-hybridized carbons (Fsp3) is 0.333. The highest BCUT2D eigenvalue weighted by atomic mass is 16.7. The van der Waals surface area contributed by atoms with Crippen molar-refractivity contribution in [1.29, 1.82) is 0 Å². The zero-order chi connectivity index (χ0) is 18.8. The number of benzene rings is 1. The molecule has 0 saturated heterocycles. The molecule has 4 rings (SSSR count). The lowest BCUT2D eigenvalue weighted by molar-refractivity contribution is 0.144. The molecule has 2 aromatic heterocycles. The van der Waals surface area contributed by atoms with Crippen molar-refractivity contribution >= 4 is 17.1 Å². The molecular formula is C18H18N4O5. The normalized spacial score (nSPS) is 15.0. The molecule has 9 heteroatoms. The number of rotatable bonds is 4. The maximum atomic E-state index is 12.5. The van der Waals surface area contributed by atoms with Gasteiger partial charge in [0.05, 0.1) is 29.4 Å². The van der Waals surface area contributed by atoms with Gasteiger partial charge in [0.1, 0.15) is 5.75 Å². The van der Waals surface area contributed by atoms with Gasteiger partial charge in [-0.05, 0) is 43.9 Å². The molecule has 3 aromatic rings. The van der Waals surface area contributed by atoms with Crippen LogP contribution in [0.2, 0.25) is 0 Å². The molecule has 1 aliphatic rings. The van der Waals surface area contributed by atoms with E-state index in [1.165, 1.54) is 36.3 Å². The van der Waals surface area contributed by atoms with E-state index >= 15 is 0 Å². The monoisotopic (exact) mass is 370 g/mol. The molecule has 0 bridgehead atoms. The van der Waals surface area contributed by atoms with Gasteiger partial charge in [-0.1, -0.05) is 6.42 Å². The third kappa shape index (κ3) is 3.76. The lowest BCUT2D eigenvalue weighted by Gasteiger charge is -2.23. The minimum Gasteiger partial charge on any atom is -0.490 e. The van der Waals surface area contributed by atoms with Crippen molar-refractivity contribution in [3.05, 3.63) is 40.9 Å². The van der Waals surface area contributed by atoms with Crippen LogP contribution in [0.3, 0.4) is 0 Å². The summed E-state index contributed by atoms with van der Waals surface area (Å²) < 4.78 is 11.8. The van der Waals surface area contributed by atoms with E-state index in [1.807, 2.05) is 0 Å². The van der Waals surface area contributed by atoms with Crippen molar-refractivity contribution < 1.29 is 19.4 Å². The van der Waals surface area contributed by atoms with E-state index in [2.05, 4.69) is 19.8 Å². The summed E-state index contributed by atoms with van der Waals surface area (Å²) in [5.74, 6) is 0.848. The Labute approximate surface area is 153 Å². The Bertz CT molecular complexity index is 1040. The second-order valence-electron chi connectivity index (χ2n) is 6.43. The lowest BCUT2D eigenvalue weighted by atomic mass is 9.98. The zero-order valence-electron chi connectivity index (χ0n) is 14.4. The summed E-state index contributed by atoms with van der Waals surface area (Å²) in [6, 6.07) is 5.22. The van der Waals surface area contributed by atoms with Crippen LogP contribution in [0, 0.1) is 0 Å². The summed E-state index contributed by atoms with van der Waals surface area (Å²) in [6.45, 7) is 0. The van der Waals surface area contributed by atoms with Crippen LogP contribution in [0.5, 0.6) is 11.5 Å². The summed E-state index contributed by atoms with van der Waals surface area (Å²) >= 11 is 0. The molecule has 1 aliphatic carbocycles. The molecule has 0 aliphatic heterocycles. The number of nitrogens with zero attached hydrogens (tertiary/aromatic N) is 3. The summed E-state index contributed by atoms with van der Waals surface area (Å²) in [4.78, 5) is 30.1. The summed E-state index contributed by atoms with van der Waals surface area (Å²) in [5, 5.41) is 13.0.